The first-order valence-electron chi connectivity index (χ1n) is 4.67. The van der Waals surface area contributed by atoms with Crippen LogP contribution in [0.3, 0.4) is 0 Å². The minimum Gasteiger partial charge on any atom is -0.282 e. The van der Waals surface area contributed by atoms with Crippen LogP contribution in [0.25, 0.3) is 10.8 Å². The van der Waals surface area contributed by atoms with Gasteiger partial charge in [-0.2, -0.15) is 16.8 Å². The van der Waals surface area contributed by atoms with Crippen molar-refractivity contribution in [2.45, 2.75) is 9.79 Å². The molecular weight excluding hydrogens is 344 g/mol. The number of benzene rings is 2. The van der Waals surface area contributed by atoms with Crippen LogP contribution in [0.1, 0.15) is 0 Å². The van der Waals surface area contributed by atoms with E-state index in [1.54, 1.807) is 0 Å². The molecule has 0 amide bonds. The molecule has 2 aromatic rings. The molecule has 9 heteroatoms. The average Bonchev–Trinajstić information content (AvgIpc) is 2.25. The van der Waals surface area contributed by atoms with Gasteiger partial charge in [0, 0.05) is 17.1 Å². The van der Waals surface area contributed by atoms with Crippen LogP contribution in [0.5, 0.6) is 0 Å². The maximum absolute atomic E-state index is 10.9. The van der Waals surface area contributed by atoms with Crippen LogP contribution in [0, 0.1) is 0 Å². The third-order valence-electron chi connectivity index (χ3n) is 2.38. The van der Waals surface area contributed by atoms with Gasteiger partial charge in [-0.15, -0.1) is 0 Å². The topological polar surface area (TPSA) is 109 Å². The van der Waals surface area contributed by atoms with Crippen molar-refractivity contribution in [3.05, 3.63) is 36.4 Å². The number of hydrogen-bond acceptors (Lipinski definition) is 4. The SMILES string of the molecule is O=S(=O)(O)c1ccc2ccc(S(=O)(=O)O)cc2c1.[Cu]. The molecule has 2 rings (SSSR count). The van der Waals surface area contributed by atoms with E-state index in [9.17, 15) is 16.8 Å². The Morgan fingerprint density at radius 1 is 0.684 bits per heavy atom. The van der Waals surface area contributed by atoms with Crippen LogP contribution in [0.4, 0.5) is 0 Å². The summed E-state index contributed by atoms with van der Waals surface area (Å²) in [5, 5.41) is 0.857. The van der Waals surface area contributed by atoms with Crippen molar-refractivity contribution in [3.8, 4) is 0 Å². The Labute approximate surface area is 120 Å². The number of rotatable bonds is 2. The Morgan fingerprint density at radius 2 is 1.05 bits per heavy atom. The summed E-state index contributed by atoms with van der Waals surface area (Å²) in [6, 6.07) is 7.49. The number of fused-ring (bicyclic) bond motifs is 1. The minimum atomic E-state index is -4.35. The van der Waals surface area contributed by atoms with Crippen LogP contribution in [-0.2, 0) is 37.3 Å². The Morgan fingerprint density at radius 3 is 1.37 bits per heavy atom. The van der Waals surface area contributed by atoms with Crippen molar-refractivity contribution in [2.24, 2.45) is 0 Å². The van der Waals surface area contributed by atoms with Gasteiger partial charge in [-0.25, -0.2) is 0 Å². The van der Waals surface area contributed by atoms with E-state index in [1.165, 1.54) is 24.3 Å². The molecule has 2 N–H and O–H groups in total. The van der Waals surface area contributed by atoms with Gasteiger partial charge >= 0.3 is 0 Å². The minimum absolute atomic E-state index is 0. The summed E-state index contributed by atoms with van der Waals surface area (Å²) in [7, 11) is -8.71. The summed E-state index contributed by atoms with van der Waals surface area (Å²) in [6.45, 7) is 0. The monoisotopic (exact) mass is 351 g/mol. The van der Waals surface area contributed by atoms with Gasteiger partial charge in [0.05, 0.1) is 9.79 Å². The van der Waals surface area contributed by atoms with Gasteiger partial charge < -0.3 is 0 Å². The first-order valence-corrected chi connectivity index (χ1v) is 7.55. The van der Waals surface area contributed by atoms with E-state index in [-0.39, 0.29) is 32.2 Å². The Balaban J connectivity index is 0.00000180. The summed E-state index contributed by atoms with van der Waals surface area (Å²) >= 11 is 0. The molecule has 0 bridgehead atoms. The van der Waals surface area contributed by atoms with E-state index in [0.29, 0.717) is 5.39 Å². The fraction of sp³-hybridized carbons (Fsp3) is 0. The average molecular weight is 352 g/mol. The van der Waals surface area contributed by atoms with Crippen molar-refractivity contribution < 1.29 is 43.0 Å². The van der Waals surface area contributed by atoms with E-state index < -0.39 is 20.2 Å². The fourth-order valence-corrected chi connectivity index (χ4v) is 2.56. The van der Waals surface area contributed by atoms with Gasteiger partial charge in [-0.3, -0.25) is 9.11 Å². The molecule has 0 aliphatic rings. The summed E-state index contributed by atoms with van der Waals surface area (Å²) in [5.74, 6) is 0. The summed E-state index contributed by atoms with van der Waals surface area (Å²) in [4.78, 5) is -0.690. The quantitative estimate of drug-likeness (QED) is 0.624. The van der Waals surface area contributed by atoms with Gasteiger partial charge in [0.15, 0.2) is 0 Å². The smallest absolute Gasteiger partial charge is 0.282 e. The van der Waals surface area contributed by atoms with Crippen LogP contribution < -0.4 is 0 Å². The van der Waals surface area contributed by atoms with E-state index >= 15 is 0 Å². The first-order chi connectivity index (χ1) is 8.18. The molecular formula is C10H8CuO6S2. The van der Waals surface area contributed by atoms with Crippen molar-refractivity contribution >= 4 is 31.0 Å². The molecule has 19 heavy (non-hydrogen) atoms. The molecule has 0 fully saturated rings. The molecule has 0 aliphatic carbocycles. The second-order valence-electron chi connectivity index (χ2n) is 3.62. The zero-order chi connectivity index (χ0) is 13.6. The van der Waals surface area contributed by atoms with Crippen LogP contribution in [0.2, 0.25) is 0 Å². The van der Waals surface area contributed by atoms with E-state index in [2.05, 4.69) is 0 Å². The first kappa shape index (κ1) is 16.1. The van der Waals surface area contributed by atoms with Crippen molar-refractivity contribution in [1.82, 2.24) is 0 Å². The summed E-state index contributed by atoms with van der Waals surface area (Å²) in [5.41, 5.74) is 0. The largest absolute Gasteiger partial charge is 0.294 e. The Bertz CT molecular complexity index is 759. The molecule has 0 spiro atoms. The zero-order valence-electron chi connectivity index (χ0n) is 9.11. The molecule has 107 valence electrons. The summed E-state index contributed by atoms with van der Waals surface area (Å²) < 4.78 is 61.5. The van der Waals surface area contributed by atoms with E-state index in [4.69, 9.17) is 9.11 Å². The van der Waals surface area contributed by atoms with Crippen LogP contribution in [0.15, 0.2) is 46.2 Å². The molecule has 0 aromatic heterocycles. The Kier molecular flexibility index (Phi) is 4.40. The Hall–Kier alpha value is -0.961. The molecule has 0 heterocycles. The van der Waals surface area contributed by atoms with E-state index in [0.717, 1.165) is 12.1 Å². The molecule has 0 saturated carbocycles. The van der Waals surface area contributed by atoms with Crippen LogP contribution in [-0.4, -0.2) is 25.9 Å². The van der Waals surface area contributed by atoms with Gasteiger partial charge in [0.25, 0.3) is 20.2 Å². The second-order valence-corrected chi connectivity index (χ2v) is 6.46. The zero-order valence-corrected chi connectivity index (χ0v) is 11.7. The number of hydrogen-bond donors (Lipinski definition) is 2. The summed E-state index contributed by atoms with van der Waals surface area (Å²) in [6.07, 6.45) is 0. The van der Waals surface area contributed by atoms with Crippen molar-refractivity contribution in [1.29, 1.82) is 0 Å². The predicted octanol–water partition coefficient (Wildman–Crippen LogP) is 1.33. The molecule has 0 aliphatic heterocycles. The molecule has 0 atom stereocenters. The maximum atomic E-state index is 10.9. The molecule has 6 nitrogen and oxygen atoms in total. The molecule has 0 unspecified atom stereocenters. The molecule has 2 aromatic carbocycles. The van der Waals surface area contributed by atoms with Gasteiger partial charge in [0.1, 0.15) is 0 Å². The second kappa shape index (κ2) is 5.20. The third-order valence-corrected chi connectivity index (χ3v) is 4.08. The van der Waals surface area contributed by atoms with Gasteiger partial charge in [0.2, 0.25) is 0 Å². The van der Waals surface area contributed by atoms with Crippen LogP contribution >= 0.6 is 0 Å². The van der Waals surface area contributed by atoms with Gasteiger partial charge in [-0.1, -0.05) is 12.1 Å². The van der Waals surface area contributed by atoms with Gasteiger partial charge in [-0.05, 0) is 35.0 Å². The third kappa shape index (κ3) is 3.53. The maximum Gasteiger partial charge on any atom is 0.294 e. The normalized spacial score (nSPS) is 12.1. The van der Waals surface area contributed by atoms with E-state index in [1.807, 2.05) is 0 Å². The molecule has 0 saturated heterocycles. The van der Waals surface area contributed by atoms with Crippen molar-refractivity contribution in [3.63, 3.8) is 0 Å². The van der Waals surface area contributed by atoms with Crippen molar-refractivity contribution in [2.75, 3.05) is 0 Å². The predicted molar refractivity (Wildman–Crippen MR) is 63.6 cm³/mol. The molecule has 1 radical (unpaired) electrons. The standard InChI is InChI=1S/C10H8O6S2.Cu/c11-17(12,13)9-3-1-7-2-4-10(18(14,15)16)6-8(7)5-9;/h1-6H,(H,11,12,13)(H,14,15,16);. The fourth-order valence-electron chi connectivity index (χ4n) is 1.52.